The van der Waals surface area contributed by atoms with Gasteiger partial charge in [-0.15, -0.1) is 0 Å². The monoisotopic (exact) mass is 272 g/mol. The van der Waals surface area contributed by atoms with E-state index in [-0.39, 0.29) is 0 Å². The van der Waals surface area contributed by atoms with E-state index < -0.39 is 0 Å². The molecule has 3 aromatic carbocycles. The minimum Gasteiger partial charge on any atom is -0.298 e. The number of benzene rings is 3. The van der Waals surface area contributed by atoms with Gasteiger partial charge in [-0.2, -0.15) is 0 Å². The van der Waals surface area contributed by atoms with Gasteiger partial charge < -0.3 is 0 Å². The van der Waals surface area contributed by atoms with Gasteiger partial charge in [0.05, 0.1) is 0 Å². The summed E-state index contributed by atoms with van der Waals surface area (Å²) in [7, 11) is 0. The number of rotatable bonds is 3. The fourth-order valence-corrected chi connectivity index (χ4v) is 2.46. The van der Waals surface area contributed by atoms with Crippen LogP contribution < -0.4 is 0 Å². The zero-order valence-corrected chi connectivity index (χ0v) is 11.9. The third kappa shape index (κ3) is 2.77. The van der Waals surface area contributed by atoms with Gasteiger partial charge >= 0.3 is 0 Å². The Morgan fingerprint density at radius 1 is 0.810 bits per heavy atom. The van der Waals surface area contributed by atoms with E-state index in [1.54, 1.807) is 0 Å². The number of carbonyl (C=O) groups excluding carboxylic acids is 1. The lowest BCUT2D eigenvalue weighted by Gasteiger charge is -2.05. The maximum atomic E-state index is 11.3. The Morgan fingerprint density at radius 3 is 2.33 bits per heavy atom. The summed E-state index contributed by atoms with van der Waals surface area (Å²) >= 11 is 0. The van der Waals surface area contributed by atoms with Crippen LogP contribution in [-0.2, 0) is 0 Å². The van der Waals surface area contributed by atoms with Crippen molar-refractivity contribution in [2.45, 2.75) is 6.92 Å². The number of hydrogen-bond acceptors (Lipinski definition) is 1. The molecule has 0 amide bonds. The van der Waals surface area contributed by atoms with Crippen LogP contribution in [0.15, 0.2) is 60.7 Å². The summed E-state index contributed by atoms with van der Waals surface area (Å²) in [6.07, 6.45) is 4.99. The van der Waals surface area contributed by atoms with Crippen molar-refractivity contribution in [2.24, 2.45) is 0 Å². The number of carbonyl (C=O) groups is 1. The first kappa shape index (κ1) is 13.3. The van der Waals surface area contributed by atoms with Crippen LogP contribution in [0.3, 0.4) is 0 Å². The van der Waals surface area contributed by atoms with Crippen molar-refractivity contribution in [3.8, 4) is 0 Å². The summed E-state index contributed by atoms with van der Waals surface area (Å²) in [5.41, 5.74) is 4.07. The van der Waals surface area contributed by atoms with Crippen LogP contribution >= 0.6 is 0 Å². The van der Waals surface area contributed by atoms with Crippen LogP contribution in [-0.4, -0.2) is 6.29 Å². The van der Waals surface area contributed by atoms with Gasteiger partial charge in [0.1, 0.15) is 0 Å². The lowest BCUT2D eigenvalue weighted by atomic mass is 9.98. The van der Waals surface area contributed by atoms with Gasteiger partial charge in [0.25, 0.3) is 0 Å². The van der Waals surface area contributed by atoms with Gasteiger partial charge in [-0.1, -0.05) is 78.4 Å². The Balaban J connectivity index is 2.10. The largest absolute Gasteiger partial charge is 0.298 e. The van der Waals surface area contributed by atoms with Crippen LogP contribution in [0, 0.1) is 6.92 Å². The van der Waals surface area contributed by atoms with Crippen molar-refractivity contribution >= 4 is 29.2 Å². The van der Waals surface area contributed by atoms with E-state index in [4.69, 9.17) is 0 Å². The maximum absolute atomic E-state index is 11.3. The first-order valence-electron chi connectivity index (χ1n) is 6.99. The highest BCUT2D eigenvalue weighted by Crippen LogP contribution is 2.24. The second-order valence-corrected chi connectivity index (χ2v) is 5.15. The quantitative estimate of drug-likeness (QED) is 0.477. The maximum Gasteiger partial charge on any atom is 0.150 e. The Hall–Kier alpha value is -2.67. The molecule has 102 valence electrons. The molecule has 0 bridgehead atoms. The molecular weight excluding hydrogens is 256 g/mol. The van der Waals surface area contributed by atoms with Gasteiger partial charge in [-0.3, -0.25) is 4.79 Å². The van der Waals surface area contributed by atoms with Gasteiger partial charge in [0.15, 0.2) is 6.29 Å². The van der Waals surface area contributed by atoms with Crippen LogP contribution in [0.4, 0.5) is 0 Å². The van der Waals surface area contributed by atoms with E-state index in [1.165, 1.54) is 5.56 Å². The SMILES string of the molecule is Cc1ccc(C=Cc2c(C=O)ccc3ccccc23)cc1. The van der Waals surface area contributed by atoms with E-state index in [0.29, 0.717) is 0 Å². The standard InChI is InChI=1S/C20H16O/c1-15-6-8-16(9-7-15)10-13-20-18(14-21)12-11-17-4-2-3-5-19(17)20/h2-14H,1H3. The third-order valence-corrected chi connectivity index (χ3v) is 3.65. The second-order valence-electron chi connectivity index (χ2n) is 5.15. The molecule has 0 aliphatic carbocycles. The lowest BCUT2D eigenvalue weighted by molar-refractivity contribution is 0.112. The summed E-state index contributed by atoms with van der Waals surface area (Å²) in [4.78, 5) is 11.3. The van der Waals surface area contributed by atoms with E-state index in [1.807, 2.05) is 36.4 Å². The summed E-state index contributed by atoms with van der Waals surface area (Å²) in [5.74, 6) is 0. The van der Waals surface area contributed by atoms with Crippen molar-refractivity contribution in [2.75, 3.05) is 0 Å². The highest BCUT2D eigenvalue weighted by molar-refractivity contribution is 5.99. The van der Waals surface area contributed by atoms with Gasteiger partial charge in [0, 0.05) is 5.56 Å². The van der Waals surface area contributed by atoms with E-state index in [0.717, 1.165) is 33.7 Å². The molecule has 0 fully saturated rings. The molecule has 1 nitrogen and oxygen atoms in total. The third-order valence-electron chi connectivity index (χ3n) is 3.65. The molecular formula is C20H16O. The van der Waals surface area contributed by atoms with Gasteiger partial charge in [-0.25, -0.2) is 0 Å². The molecule has 0 heterocycles. The Morgan fingerprint density at radius 2 is 1.57 bits per heavy atom. The predicted molar refractivity (Wildman–Crippen MR) is 89.4 cm³/mol. The van der Waals surface area contributed by atoms with Crippen molar-refractivity contribution in [1.82, 2.24) is 0 Å². The van der Waals surface area contributed by atoms with Gasteiger partial charge in [0.2, 0.25) is 0 Å². The average Bonchev–Trinajstić information content (AvgIpc) is 2.54. The zero-order valence-electron chi connectivity index (χ0n) is 11.9. The highest BCUT2D eigenvalue weighted by atomic mass is 16.1. The van der Waals surface area contributed by atoms with E-state index >= 15 is 0 Å². The van der Waals surface area contributed by atoms with Gasteiger partial charge in [-0.05, 0) is 28.8 Å². The molecule has 0 saturated carbocycles. The van der Waals surface area contributed by atoms with Crippen molar-refractivity contribution in [3.05, 3.63) is 82.9 Å². The summed E-state index contributed by atoms with van der Waals surface area (Å²) in [6, 6.07) is 20.3. The average molecular weight is 272 g/mol. The number of fused-ring (bicyclic) bond motifs is 1. The molecule has 0 saturated heterocycles. The van der Waals surface area contributed by atoms with E-state index in [2.05, 4.69) is 43.3 Å². The van der Waals surface area contributed by atoms with Crippen LogP contribution in [0.25, 0.3) is 22.9 Å². The lowest BCUT2D eigenvalue weighted by Crippen LogP contribution is -1.88. The molecule has 3 rings (SSSR count). The molecule has 0 spiro atoms. The highest BCUT2D eigenvalue weighted by Gasteiger charge is 2.03. The summed E-state index contributed by atoms with van der Waals surface area (Å²) in [6.45, 7) is 2.07. The Labute approximate surface area is 124 Å². The van der Waals surface area contributed by atoms with Crippen molar-refractivity contribution < 1.29 is 4.79 Å². The number of aldehydes is 1. The molecule has 0 atom stereocenters. The summed E-state index contributed by atoms with van der Waals surface area (Å²) in [5, 5.41) is 2.25. The molecule has 1 heteroatoms. The molecule has 0 N–H and O–H groups in total. The molecule has 0 aliphatic rings. The fraction of sp³-hybridized carbons (Fsp3) is 0.0500. The topological polar surface area (TPSA) is 17.1 Å². The number of hydrogen-bond donors (Lipinski definition) is 0. The van der Waals surface area contributed by atoms with E-state index in [9.17, 15) is 4.79 Å². The molecule has 21 heavy (non-hydrogen) atoms. The van der Waals surface area contributed by atoms with Crippen molar-refractivity contribution in [1.29, 1.82) is 0 Å². The minimum atomic E-state index is 0.720. The molecule has 0 unspecified atom stereocenters. The second kappa shape index (κ2) is 5.76. The summed E-state index contributed by atoms with van der Waals surface area (Å²) < 4.78 is 0. The van der Waals surface area contributed by atoms with Crippen LogP contribution in [0.2, 0.25) is 0 Å². The first-order chi connectivity index (χ1) is 10.3. The molecule has 0 aliphatic heterocycles. The minimum absolute atomic E-state index is 0.720. The Bertz CT molecular complexity index is 811. The Kier molecular flexibility index (Phi) is 3.65. The molecule has 0 aromatic heterocycles. The molecule has 0 radical (unpaired) electrons. The van der Waals surface area contributed by atoms with Crippen LogP contribution in [0.1, 0.15) is 27.0 Å². The van der Waals surface area contributed by atoms with Crippen molar-refractivity contribution in [3.63, 3.8) is 0 Å². The fourth-order valence-electron chi connectivity index (χ4n) is 2.46. The van der Waals surface area contributed by atoms with Crippen LogP contribution in [0.5, 0.6) is 0 Å². The number of aryl methyl sites for hydroxylation is 1. The normalized spacial score (nSPS) is 11.1. The first-order valence-corrected chi connectivity index (χ1v) is 6.99. The molecule has 3 aromatic rings. The smallest absolute Gasteiger partial charge is 0.150 e. The predicted octanol–water partition coefficient (Wildman–Crippen LogP) is 5.13. The zero-order chi connectivity index (χ0) is 14.7.